The second-order valence-electron chi connectivity index (χ2n) is 9.56. The third-order valence-corrected chi connectivity index (χ3v) is 5.31. The van der Waals surface area contributed by atoms with Crippen molar-refractivity contribution in [3.05, 3.63) is 162 Å². The van der Waals surface area contributed by atoms with Gasteiger partial charge in [-0.25, -0.2) is 36.4 Å². The molecule has 0 amide bonds. The molecule has 0 fully saturated rings. The minimum absolute atomic E-state index is 0. The average molecular weight is 704 g/mol. The molecule has 0 heterocycles. The molecule has 3 aromatic carbocycles. The Hall–Kier alpha value is -2.01. The second kappa shape index (κ2) is 32.9. The standard InChI is InChI=1S/3C6H8.3C6H7.BO3.3Fe/c6*1-6-4-2-3-5-6;2-1(3)4;;;/h3*2-6H,1H3;3*2-5H,1H3;;;;/q;;;3*-1;-3;3*+2. The first kappa shape index (κ1) is 47.9. The predicted octanol–water partition coefficient (Wildman–Crippen LogP) is 6.43. The van der Waals surface area contributed by atoms with E-state index in [-0.39, 0.29) is 51.2 Å². The molecular formula is C36H45BFe3O3. The molecule has 0 aromatic heterocycles. The van der Waals surface area contributed by atoms with Crippen molar-refractivity contribution in [1.82, 2.24) is 0 Å². The molecule has 0 atom stereocenters. The normalized spacial score (nSPS) is 12.8. The number of rotatable bonds is 0. The molecule has 6 rings (SSSR count). The van der Waals surface area contributed by atoms with Gasteiger partial charge in [0.2, 0.25) is 0 Å². The van der Waals surface area contributed by atoms with Crippen molar-refractivity contribution in [3.63, 3.8) is 0 Å². The fourth-order valence-corrected chi connectivity index (χ4v) is 3.04. The molecule has 3 aliphatic rings. The summed E-state index contributed by atoms with van der Waals surface area (Å²) < 4.78 is 0. The fourth-order valence-electron chi connectivity index (χ4n) is 3.04. The van der Waals surface area contributed by atoms with Crippen LogP contribution in [-0.2, 0) is 51.2 Å². The maximum absolute atomic E-state index is 8.42. The Morgan fingerprint density at radius 1 is 0.465 bits per heavy atom. The van der Waals surface area contributed by atoms with Crippen molar-refractivity contribution in [2.24, 2.45) is 17.8 Å². The van der Waals surface area contributed by atoms with Crippen LogP contribution in [0.25, 0.3) is 0 Å². The summed E-state index contributed by atoms with van der Waals surface area (Å²) in [5.41, 5.74) is 4.03. The molecule has 0 aliphatic heterocycles. The molecule has 0 saturated heterocycles. The van der Waals surface area contributed by atoms with E-state index in [1.165, 1.54) is 16.7 Å². The van der Waals surface area contributed by atoms with Gasteiger partial charge in [-0.15, -0.1) is 0 Å². The van der Waals surface area contributed by atoms with Gasteiger partial charge >= 0.3 is 51.2 Å². The second-order valence-corrected chi connectivity index (χ2v) is 9.56. The van der Waals surface area contributed by atoms with Crippen LogP contribution in [0.15, 0.2) is 146 Å². The van der Waals surface area contributed by atoms with E-state index >= 15 is 0 Å². The van der Waals surface area contributed by atoms with Crippen molar-refractivity contribution in [2.45, 2.75) is 41.5 Å². The van der Waals surface area contributed by atoms with Crippen molar-refractivity contribution >= 4 is 7.32 Å². The van der Waals surface area contributed by atoms with Crippen molar-refractivity contribution in [1.29, 1.82) is 0 Å². The van der Waals surface area contributed by atoms with E-state index in [1.54, 1.807) is 0 Å². The largest absolute Gasteiger partial charge is 2.00 e. The Morgan fingerprint density at radius 3 is 0.698 bits per heavy atom. The molecule has 3 nitrogen and oxygen atoms in total. The van der Waals surface area contributed by atoms with E-state index < -0.39 is 7.32 Å². The van der Waals surface area contributed by atoms with Crippen LogP contribution in [0, 0.1) is 38.5 Å². The number of hydrogen-bond acceptors (Lipinski definition) is 3. The molecule has 0 spiro atoms. The summed E-state index contributed by atoms with van der Waals surface area (Å²) in [6, 6.07) is 24.7. The first-order valence-electron chi connectivity index (χ1n) is 13.7. The van der Waals surface area contributed by atoms with E-state index in [0.29, 0.717) is 17.8 Å². The van der Waals surface area contributed by atoms with Crippen LogP contribution in [-0.4, -0.2) is 7.32 Å². The fraction of sp³-hybridized carbons (Fsp3) is 0.250. The minimum atomic E-state index is -2.92. The van der Waals surface area contributed by atoms with Crippen molar-refractivity contribution in [3.8, 4) is 0 Å². The Kier molecular flexibility index (Phi) is 36.7. The molecule has 0 radical (unpaired) electrons. The first-order valence-corrected chi connectivity index (χ1v) is 13.7. The van der Waals surface area contributed by atoms with Crippen LogP contribution >= 0.6 is 0 Å². The Bertz CT molecular complexity index is 932. The van der Waals surface area contributed by atoms with Crippen molar-refractivity contribution < 1.29 is 66.3 Å². The number of allylic oxidation sites excluding steroid dienone is 12. The molecular weight excluding hydrogens is 659 g/mol. The topological polar surface area (TPSA) is 69.2 Å². The SMILES string of the molecule is CC1C=CC=C1.CC1C=CC=C1.CC1C=CC=C1.Cc1ccc[cH-]1.Cc1ccc[cH-]1.Cc1ccc[cH-]1.[Fe+2].[Fe+2].[Fe+2].[O-]B([O-])[O-]. The van der Waals surface area contributed by atoms with Gasteiger partial charge < -0.3 is 15.1 Å². The van der Waals surface area contributed by atoms with Gasteiger partial charge in [-0.1, -0.05) is 114 Å². The summed E-state index contributed by atoms with van der Waals surface area (Å²) in [4.78, 5) is 0. The summed E-state index contributed by atoms with van der Waals surface area (Å²) in [7, 11) is -2.92. The predicted molar refractivity (Wildman–Crippen MR) is 168 cm³/mol. The third kappa shape index (κ3) is 36.1. The van der Waals surface area contributed by atoms with E-state index in [0.717, 1.165) is 0 Å². The van der Waals surface area contributed by atoms with Gasteiger partial charge in [-0.05, 0) is 17.8 Å². The Labute approximate surface area is 293 Å². The van der Waals surface area contributed by atoms with Crippen molar-refractivity contribution in [2.75, 3.05) is 0 Å². The summed E-state index contributed by atoms with van der Waals surface area (Å²) in [6.45, 7) is 12.8. The summed E-state index contributed by atoms with van der Waals surface area (Å²) in [5.74, 6) is 2.06. The molecule has 43 heavy (non-hydrogen) atoms. The van der Waals surface area contributed by atoms with E-state index in [4.69, 9.17) is 15.1 Å². The molecule has 0 N–H and O–H groups in total. The third-order valence-electron chi connectivity index (χ3n) is 5.31. The van der Waals surface area contributed by atoms with Gasteiger partial charge in [0.25, 0.3) is 0 Å². The van der Waals surface area contributed by atoms with Crippen LogP contribution in [0.3, 0.4) is 0 Å². The summed E-state index contributed by atoms with van der Waals surface area (Å²) >= 11 is 0. The smallest absolute Gasteiger partial charge is 0.907 e. The van der Waals surface area contributed by atoms with Gasteiger partial charge in [0.15, 0.2) is 0 Å². The molecule has 0 bridgehead atoms. The van der Waals surface area contributed by atoms with Gasteiger partial charge in [0.1, 0.15) is 0 Å². The zero-order valence-electron chi connectivity index (χ0n) is 26.0. The quantitative estimate of drug-likeness (QED) is 0.200. The molecule has 234 valence electrons. The van der Waals surface area contributed by atoms with Gasteiger partial charge in [-0.3, -0.25) is 7.32 Å². The zero-order chi connectivity index (χ0) is 30.0. The summed E-state index contributed by atoms with van der Waals surface area (Å²) in [5, 5.41) is 25.2. The molecule has 0 unspecified atom stereocenters. The van der Waals surface area contributed by atoms with Crippen LogP contribution in [0.2, 0.25) is 0 Å². The van der Waals surface area contributed by atoms with Gasteiger partial charge in [0, 0.05) is 0 Å². The van der Waals surface area contributed by atoms with E-state index in [1.807, 2.05) is 36.4 Å². The van der Waals surface area contributed by atoms with E-state index in [9.17, 15) is 0 Å². The Balaban J connectivity index is -0.000000205. The van der Waals surface area contributed by atoms with Crippen LogP contribution in [0.5, 0.6) is 0 Å². The molecule has 0 saturated carbocycles. The van der Waals surface area contributed by atoms with Crippen LogP contribution < -0.4 is 15.1 Å². The maximum Gasteiger partial charge on any atom is 2.00 e. The number of hydrogen-bond donors (Lipinski definition) is 0. The maximum atomic E-state index is 8.42. The monoisotopic (exact) mass is 704 g/mol. The van der Waals surface area contributed by atoms with Gasteiger partial charge in [-0.2, -0.15) is 53.1 Å². The Morgan fingerprint density at radius 2 is 0.651 bits per heavy atom. The molecule has 7 heteroatoms. The zero-order valence-corrected chi connectivity index (χ0v) is 29.3. The van der Waals surface area contributed by atoms with Gasteiger partial charge in [0.05, 0.1) is 0 Å². The molecule has 3 aromatic rings. The molecule has 3 aliphatic carbocycles. The van der Waals surface area contributed by atoms with Crippen LogP contribution in [0.4, 0.5) is 0 Å². The summed E-state index contributed by atoms with van der Waals surface area (Å²) in [6.07, 6.45) is 25.4. The first-order chi connectivity index (χ1) is 19.1. The number of aryl methyl sites for hydroxylation is 3. The van der Waals surface area contributed by atoms with E-state index in [2.05, 4.69) is 151 Å². The average Bonchev–Trinajstić information content (AvgIpc) is 3.72. The minimum Gasteiger partial charge on any atom is -0.907 e. The van der Waals surface area contributed by atoms with Crippen LogP contribution in [0.1, 0.15) is 37.5 Å².